The second-order valence-corrected chi connectivity index (χ2v) is 3.86. The van der Waals surface area contributed by atoms with Crippen molar-refractivity contribution in [1.29, 1.82) is 0 Å². The lowest BCUT2D eigenvalue weighted by Gasteiger charge is -2.00. The van der Waals surface area contributed by atoms with Crippen molar-refractivity contribution in [2.75, 3.05) is 0 Å². The smallest absolute Gasteiger partial charge is 0.262 e. The summed E-state index contributed by atoms with van der Waals surface area (Å²) in [6.07, 6.45) is 0. The van der Waals surface area contributed by atoms with E-state index >= 15 is 0 Å². The average molecular weight is 209 g/mol. The SMILES string of the molecule is O=S(=O)(NO)c1cc(F)cc(F)c1. The zero-order valence-corrected chi connectivity index (χ0v) is 6.98. The maximum Gasteiger partial charge on any atom is 0.262 e. The first-order chi connectivity index (χ1) is 5.95. The van der Waals surface area contributed by atoms with Gasteiger partial charge in [0.1, 0.15) is 11.6 Å². The second-order valence-electron chi connectivity index (χ2n) is 2.20. The largest absolute Gasteiger partial charge is 0.302 e. The second kappa shape index (κ2) is 3.36. The summed E-state index contributed by atoms with van der Waals surface area (Å²) in [5.41, 5.74) is 0. The Kier molecular flexibility index (Phi) is 2.60. The van der Waals surface area contributed by atoms with Crippen LogP contribution in [0.5, 0.6) is 0 Å². The van der Waals surface area contributed by atoms with E-state index in [0.29, 0.717) is 18.2 Å². The van der Waals surface area contributed by atoms with Gasteiger partial charge in [0.05, 0.1) is 4.90 Å². The molecule has 0 atom stereocenters. The first kappa shape index (κ1) is 10.0. The first-order valence-corrected chi connectivity index (χ1v) is 4.56. The molecule has 0 heterocycles. The van der Waals surface area contributed by atoms with E-state index in [0.717, 1.165) is 4.89 Å². The molecule has 72 valence electrons. The van der Waals surface area contributed by atoms with Crippen LogP contribution in [0.2, 0.25) is 0 Å². The van der Waals surface area contributed by atoms with Crippen molar-refractivity contribution in [3.8, 4) is 0 Å². The number of nitrogens with one attached hydrogen (secondary N) is 1. The number of halogens is 2. The molecule has 0 fully saturated rings. The van der Waals surface area contributed by atoms with Crippen LogP contribution in [0, 0.1) is 11.6 Å². The van der Waals surface area contributed by atoms with E-state index in [1.807, 2.05) is 0 Å². The monoisotopic (exact) mass is 209 g/mol. The fourth-order valence-electron chi connectivity index (χ4n) is 0.736. The van der Waals surface area contributed by atoms with E-state index in [9.17, 15) is 17.2 Å². The molecule has 2 N–H and O–H groups in total. The molecule has 7 heteroatoms. The molecule has 4 nitrogen and oxygen atoms in total. The van der Waals surface area contributed by atoms with Gasteiger partial charge in [-0.3, -0.25) is 0 Å². The summed E-state index contributed by atoms with van der Waals surface area (Å²) in [5, 5.41) is 8.15. The number of hydrogen-bond acceptors (Lipinski definition) is 3. The van der Waals surface area contributed by atoms with Gasteiger partial charge in [-0.15, -0.1) is 0 Å². The molecule has 1 rings (SSSR count). The Bertz CT molecular complexity index is 398. The summed E-state index contributed by atoms with van der Waals surface area (Å²) in [6, 6.07) is 1.69. The number of benzene rings is 1. The number of sulfonamides is 1. The van der Waals surface area contributed by atoms with E-state index in [1.165, 1.54) is 0 Å². The third-order valence-corrected chi connectivity index (χ3v) is 2.36. The maximum atomic E-state index is 12.5. The van der Waals surface area contributed by atoms with Crippen LogP contribution in [0.1, 0.15) is 0 Å². The van der Waals surface area contributed by atoms with Gasteiger partial charge in [-0.25, -0.2) is 17.2 Å². The summed E-state index contributed by atoms with van der Waals surface area (Å²) in [7, 11) is -4.22. The summed E-state index contributed by atoms with van der Waals surface area (Å²) in [6.45, 7) is 0. The van der Waals surface area contributed by atoms with Crippen molar-refractivity contribution < 1.29 is 22.4 Å². The standard InChI is InChI=1S/C6H5F2NO3S/c7-4-1-5(8)3-6(2-4)13(11,12)9-10/h1-3,9-10H. The van der Waals surface area contributed by atoms with Crippen LogP contribution >= 0.6 is 0 Å². The third-order valence-electron chi connectivity index (χ3n) is 1.27. The molecular weight excluding hydrogens is 204 g/mol. The summed E-state index contributed by atoms with van der Waals surface area (Å²) < 4.78 is 46.6. The quantitative estimate of drug-likeness (QED) is 0.702. The normalized spacial score (nSPS) is 11.6. The van der Waals surface area contributed by atoms with Gasteiger partial charge in [0, 0.05) is 6.07 Å². The van der Waals surface area contributed by atoms with E-state index in [4.69, 9.17) is 5.21 Å². The van der Waals surface area contributed by atoms with E-state index in [1.54, 1.807) is 0 Å². The van der Waals surface area contributed by atoms with Gasteiger partial charge in [0.2, 0.25) is 0 Å². The molecule has 1 aromatic rings. The van der Waals surface area contributed by atoms with Crippen LogP contribution in [0.4, 0.5) is 8.78 Å². The third kappa shape index (κ3) is 2.20. The molecule has 0 radical (unpaired) electrons. The van der Waals surface area contributed by atoms with Crippen molar-refractivity contribution >= 4 is 10.0 Å². The summed E-state index contributed by atoms with van der Waals surface area (Å²) in [5.74, 6) is -2.07. The lowest BCUT2D eigenvalue weighted by Crippen LogP contribution is -2.19. The van der Waals surface area contributed by atoms with Crippen molar-refractivity contribution in [1.82, 2.24) is 4.89 Å². The molecule has 0 saturated carbocycles. The van der Waals surface area contributed by atoms with Gasteiger partial charge in [0.15, 0.2) is 0 Å². The van der Waals surface area contributed by atoms with Gasteiger partial charge >= 0.3 is 0 Å². The van der Waals surface area contributed by atoms with Crippen LogP contribution in [0.3, 0.4) is 0 Å². The molecule has 13 heavy (non-hydrogen) atoms. The highest BCUT2D eigenvalue weighted by atomic mass is 32.2. The minimum atomic E-state index is -4.22. The lowest BCUT2D eigenvalue weighted by atomic mass is 10.3. The predicted molar refractivity (Wildman–Crippen MR) is 38.5 cm³/mol. The predicted octanol–water partition coefficient (Wildman–Crippen LogP) is 0.632. The average Bonchev–Trinajstić information content (AvgIpc) is 2.02. The molecule has 1 aromatic carbocycles. The fourth-order valence-corrected chi connectivity index (χ4v) is 1.38. The minimum absolute atomic E-state index is 0.524. The highest BCUT2D eigenvalue weighted by Gasteiger charge is 2.14. The minimum Gasteiger partial charge on any atom is -0.302 e. The summed E-state index contributed by atoms with van der Waals surface area (Å²) >= 11 is 0. The zero-order valence-electron chi connectivity index (χ0n) is 6.16. The van der Waals surface area contributed by atoms with Gasteiger partial charge in [0.25, 0.3) is 10.0 Å². The highest BCUT2D eigenvalue weighted by molar-refractivity contribution is 7.89. The number of hydrogen-bond donors (Lipinski definition) is 2. The van der Waals surface area contributed by atoms with E-state index in [2.05, 4.69) is 0 Å². The van der Waals surface area contributed by atoms with Crippen molar-refractivity contribution in [3.63, 3.8) is 0 Å². The Morgan fingerprint density at radius 1 is 1.15 bits per heavy atom. The Hall–Kier alpha value is -1.05. The summed E-state index contributed by atoms with van der Waals surface area (Å²) in [4.78, 5) is 0.277. The van der Waals surface area contributed by atoms with Crippen LogP contribution in [-0.4, -0.2) is 13.6 Å². The number of rotatable bonds is 2. The van der Waals surface area contributed by atoms with Gasteiger partial charge in [-0.1, -0.05) is 4.89 Å². The van der Waals surface area contributed by atoms with E-state index < -0.39 is 26.6 Å². The zero-order chi connectivity index (χ0) is 10.1. The molecule has 0 aliphatic carbocycles. The molecular formula is C6H5F2NO3S. The van der Waals surface area contributed by atoms with Crippen molar-refractivity contribution in [2.45, 2.75) is 4.90 Å². The molecule has 0 aliphatic heterocycles. The van der Waals surface area contributed by atoms with Crippen LogP contribution in [0.15, 0.2) is 23.1 Å². The van der Waals surface area contributed by atoms with Gasteiger partial charge in [-0.2, -0.15) is 0 Å². The molecule has 0 aromatic heterocycles. The molecule has 0 aliphatic rings. The molecule has 0 saturated heterocycles. The van der Waals surface area contributed by atoms with Crippen LogP contribution in [0.25, 0.3) is 0 Å². The fraction of sp³-hybridized carbons (Fsp3) is 0. The van der Waals surface area contributed by atoms with Gasteiger partial charge in [-0.05, 0) is 12.1 Å². The highest BCUT2D eigenvalue weighted by Crippen LogP contribution is 2.12. The van der Waals surface area contributed by atoms with Crippen LogP contribution < -0.4 is 4.89 Å². The van der Waals surface area contributed by atoms with Crippen molar-refractivity contribution in [2.24, 2.45) is 0 Å². The van der Waals surface area contributed by atoms with Gasteiger partial charge < -0.3 is 5.21 Å². The molecule has 0 amide bonds. The molecule has 0 unspecified atom stereocenters. The lowest BCUT2D eigenvalue weighted by molar-refractivity contribution is 0.242. The topological polar surface area (TPSA) is 66.4 Å². The Morgan fingerprint density at radius 2 is 1.62 bits per heavy atom. The van der Waals surface area contributed by atoms with E-state index in [-0.39, 0.29) is 0 Å². The Morgan fingerprint density at radius 3 is 2.00 bits per heavy atom. The van der Waals surface area contributed by atoms with Crippen LogP contribution in [-0.2, 0) is 10.0 Å². The molecule has 0 bridgehead atoms. The Labute approximate surface area is 72.8 Å². The first-order valence-electron chi connectivity index (χ1n) is 3.08. The maximum absolute atomic E-state index is 12.5. The molecule has 0 spiro atoms. The Balaban J connectivity index is 3.32. The van der Waals surface area contributed by atoms with Crippen molar-refractivity contribution in [3.05, 3.63) is 29.8 Å².